The Morgan fingerprint density at radius 1 is 1.29 bits per heavy atom. The molecule has 2 saturated carbocycles. The fourth-order valence-electron chi connectivity index (χ4n) is 4.91. The van der Waals surface area contributed by atoms with E-state index in [0.717, 1.165) is 23.9 Å². The summed E-state index contributed by atoms with van der Waals surface area (Å²) < 4.78 is 24.2. The Bertz CT molecular complexity index is 675. The van der Waals surface area contributed by atoms with Crippen LogP contribution < -0.4 is 0 Å². The summed E-state index contributed by atoms with van der Waals surface area (Å²) in [6.07, 6.45) is 5.75. The molecule has 5 nitrogen and oxygen atoms in total. The van der Waals surface area contributed by atoms with E-state index in [-0.39, 0.29) is 34.6 Å². The molecular weight excluding hydrogens is 344 g/mol. The molecule has 2 heterocycles. The highest BCUT2D eigenvalue weighted by Crippen LogP contribution is 2.51. The van der Waals surface area contributed by atoms with Gasteiger partial charge in [-0.2, -0.15) is 4.99 Å². The second kappa shape index (κ2) is 6.01. The first-order valence-electron chi connectivity index (χ1n) is 9.16. The minimum atomic E-state index is -2.96. The summed E-state index contributed by atoms with van der Waals surface area (Å²) in [6, 6.07) is 0.413. The molecule has 6 atom stereocenters. The molecule has 0 spiro atoms. The molecule has 2 aliphatic heterocycles. The third-order valence-corrected chi connectivity index (χ3v) is 9.63. The van der Waals surface area contributed by atoms with Crippen molar-refractivity contribution < 1.29 is 13.2 Å². The Kier molecular flexibility index (Phi) is 4.23. The van der Waals surface area contributed by atoms with E-state index in [1.807, 2.05) is 13.8 Å². The van der Waals surface area contributed by atoms with Crippen LogP contribution in [0.15, 0.2) is 4.99 Å². The topological polar surface area (TPSA) is 66.8 Å². The first-order valence-corrected chi connectivity index (χ1v) is 11.9. The van der Waals surface area contributed by atoms with Gasteiger partial charge >= 0.3 is 0 Å². The summed E-state index contributed by atoms with van der Waals surface area (Å²) in [7, 11) is -2.96. The molecule has 1 amide bonds. The summed E-state index contributed by atoms with van der Waals surface area (Å²) >= 11 is 1.54. The standard InChI is InChI=1S/C17H26N2O3S2/c1-3-10(2)16(20)18-17-19(13-7-11-4-5-12(13)6-11)14-8-24(21,22)9-15(14)23-17/h10-15H,3-9H2,1-2H3. The van der Waals surface area contributed by atoms with Crippen LogP contribution in [0.1, 0.15) is 46.0 Å². The first-order chi connectivity index (χ1) is 11.4. The van der Waals surface area contributed by atoms with Gasteiger partial charge in [-0.05, 0) is 37.5 Å². The van der Waals surface area contributed by atoms with Gasteiger partial charge in [0.1, 0.15) is 0 Å². The van der Waals surface area contributed by atoms with E-state index in [4.69, 9.17) is 0 Å². The molecule has 6 unspecified atom stereocenters. The van der Waals surface area contributed by atoms with E-state index in [0.29, 0.717) is 12.0 Å². The highest BCUT2D eigenvalue weighted by molar-refractivity contribution is 8.15. The second-order valence-corrected chi connectivity index (χ2v) is 11.4. The van der Waals surface area contributed by atoms with E-state index in [1.165, 1.54) is 31.0 Å². The van der Waals surface area contributed by atoms with Crippen molar-refractivity contribution in [2.45, 2.75) is 63.3 Å². The molecule has 134 valence electrons. The maximum Gasteiger partial charge on any atom is 0.250 e. The number of nitrogens with zero attached hydrogens (tertiary/aromatic N) is 2. The Morgan fingerprint density at radius 2 is 2.08 bits per heavy atom. The van der Waals surface area contributed by atoms with Gasteiger partial charge in [-0.3, -0.25) is 4.79 Å². The maximum absolute atomic E-state index is 12.4. The van der Waals surface area contributed by atoms with E-state index < -0.39 is 9.84 Å². The number of amides is 1. The van der Waals surface area contributed by atoms with Crippen molar-refractivity contribution in [2.75, 3.05) is 11.5 Å². The van der Waals surface area contributed by atoms with Crippen molar-refractivity contribution in [3.8, 4) is 0 Å². The molecule has 4 rings (SSSR count). The normalized spacial score (nSPS) is 42.7. The number of aliphatic imine (C=N–C) groups is 1. The van der Waals surface area contributed by atoms with Crippen LogP contribution in [0.3, 0.4) is 0 Å². The van der Waals surface area contributed by atoms with Crippen LogP contribution in [0.4, 0.5) is 0 Å². The van der Waals surface area contributed by atoms with Crippen molar-refractivity contribution in [2.24, 2.45) is 22.7 Å². The van der Waals surface area contributed by atoms with Gasteiger partial charge in [-0.1, -0.05) is 32.0 Å². The quantitative estimate of drug-likeness (QED) is 0.763. The first kappa shape index (κ1) is 16.9. The maximum atomic E-state index is 12.4. The minimum absolute atomic E-state index is 0.0211. The Balaban J connectivity index is 1.64. The van der Waals surface area contributed by atoms with Crippen molar-refractivity contribution in [3.05, 3.63) is 0 Å². The lowest BCUT2D eigenvalue weighted by molar-refractivity contribution is -0.121. The van der Waals surface area contributed by atoms with Gasteiger partial charge in [-0.25, -0.2) is 8.42 Å². The molecule has 2 aliphatic carbocycles. The van der Waals surface area contributed by atoms with E-state index in [9.17, 15) is 13.2 Å². The van der Waals surface area contributed by atoms with Gasteiger partial charge in [0, 0.05) is 17.2 Å². The molecule has 0 N–H and O–H groups in total. The molecule has 0 radical (unpaired) electrons. The van der Waals surface area contributed by atoms with Gasteiger partial charge in [0.15, 0.2) is 15.0 Å². The van der Waals surface area contributed by atoms with Crippen LogP contribution >= 0.6 is 11.8 Å². The SMILES string of the molecule is CCC(C)C(=O)N=C1SC2CS(=O)(=O)CC2N1C1CC2CCC1C2. The fourth-order valence-corrected chi connectivity index (χ4v) is 8.89. The number of thioether (sulfide) groups is 1. The monoisotopic (exact) mass is 370 g/mol. The lowest BCUT2D eigenvalue weighted by Crippen LogP contribution is -2.47. The summed E-state index contributed by atoms with van der Waals surface area (Å²) in [5.41, 5.74) is 0. The summed E-state index contributed by atoms with van der Waals surface area (Å²) in [5, 5.41) is 0.861. The lowest BCUT2D eigenvalue weighted by atomic mass is 9.93. The van der Waals surface area contributed by atoms with E-state index in [2.05, 4.69) is 9.89 Å². The zero-order chi connectivity index (χ0) is 17.1. The van der Waals surface area contributed by atoms with Crippen LogP contribution in [0.5, 0.6) is 0 Å². The number of sulfone groups is 1. The lowest BCUT2D eigenvalue weighted by Gasteiger charge is -2.36. The van der Waals surface area contributed by atoms with Crippen LogP contribution in [0.2, 0.25) is 0 Å². The number of rotatable bonds is 3. The molecule has 0 aromatic heterocycles. The second-order valence-electron chi connectivity index (χ2n) is 7.99. The molecule has 7 heteroatoms. The van der Waals surface area contributed by atoms with Gasteiger partial charge in [0.2, 0.25) is 0 Å². The van der Waals surface area contributed by atoms with Gasteiger partial charge in [-0.15, -0.1) is 0 Å². The smallest absolute Gasteiger partial charge is 0.250 e. The number of carbonyl (C=O) groups excluding carboxylic acids is 1. The molecule has 2 bridgehead atoms. The largest absolute Gasteiger partial charge is 0.343 e. The zero-order valence-corrected chi connectivity index (χ0v) is 16.0. The minimum Gasteiger partial charge on any atom is -0.343 e. The van der Waals surface area contributed by atoms with Crippen molar-refractivity contribution >= 4 is 32.7 Å². The third-order valence-electron chi connectivity index (χ3n) is 6.40. The van der Waals surface area contributed by atoms with Crippen LogP contribution in [-0.2, 0) is 14.6 Å². The Morgan fingerprint density at radius 3 is 2.71 bits per heavy atom. The van der Waals surface area contributed by atoms with Gasteiger partial charge in [0.25, 0.3) is 5.91 Å². The average Bonchev–Trinajstić information content (AvgIpc) is 3.25. The Labute approximate surface area is 148 Å². The Hall–Kier alpha value is -0.560. The number of hydrogen-bond acceptors (Lipinski definition) is 4. The fraction of sp³-hybridized carbons (Fsp3) is 0.882. The van der Waals surface area contributed by atoms with Crippen molar-refractivity contribution in [1.82, 2.24) is 4.90 Å². The van der Waals surface area contributed by atoms with Gasteiger partial charge in [0.05, 0.1) is 17.5 Å². The zero-order valence-electron chi connectivity index (χ0n) is 14.3. The van der Waals surface area contributed by atoms with Gasteiger partial charge < -0.3 is 4.90 Å². The van der Waals surface area contributed by atoms with E-state index in [1.54, 1.807) is 0 Å². The number of hydrogen-bond donors (Lipinski definition) is 0. The molecule has 4 fully saturated rings. The molecular formula is C17H26N2O3S2. The highest BCUT2D eigenvalue weighted by atomic mass is 32.2. The molecule has 4 aliphatic rings. The molecule has 0 aromatic carbocycles. The molecule has 0 aromatic rings. The number of carbonyl (C=O) groups is 1. The summed E-state index contributed by atoms with van der Waals surface area (Å²) in [5.74, 6) is 1.78. The van der Waals surface area contributed by atoms with E-state index >= 15 is 0 Å². The average molecular weight is 371 g/mol. The predicted octanol–water partition coefficient (Wildman–Crippen LogP) is 2.32. The molecule has 24 heavy (non-hydrogen) atoms. The summed E-state index contributed by atoms with van der Waals surface area (Å²) in [6.45, 7) is 3.92. The van der Waals surface area contributed by atoms with Crippen LogP contribution in [-0.4, -0.2) is 53.2 Å². The van der Waals surface area contributed by atoms with Crippen LogP contribution in [0.25, 0.3) is 0 Å². The molecule has 2 saturated heterocycles. The van der Waals surface area contributed by atoms with Crippen molar-refractivity contribution in [1.29, 1.82) is 0 Å². The summed E-state index contributed by atoms with van der Waals surface area (Å²) in [4.78, 5) is 19.1. The number of fused-ring (bicyclic) bond motifs is 3. The highest BCUT2D eigenvalue weighted by Gasteiger charge is 2.54. The number of amidine groups is 1. The van der Waals surface area contributed by atoms with Crippen molar-refractivity contribution in [3.63, 3.8) is 0 Å². The third kappa shape index (κ3) is 2.81. The predicted molar refractivity (Wildman–Crippen MR) is 96.8 cm³/mol. The van der Waals surface area contributed by atoms with Crippen LogP contribution in [0, 0.1) is 17.8 Å².